The van der Waals surface area contributed by atoms with Gasteiger partial charge >= 0.3 is 6.03 Å². The summed E-state index contributed by atoms with van der Waals surface area (Å²) in [5.74, 6) is 1.33. The first-order valence-electron chi connectivity index (χ1n) is 7.89. The van der Waals surface area contributed by atoms with Gasteiger partial charge in [-0.3, -0.25) is 0 Å². The maximum atomic E-state index is 12.1. The first-order chi connectivity index (χ1) is 11.9. The molecule has 0 saturated heterocycles. The van der Waals surface area contributed by atoms with Gasteiger partial charge in [-0.25, -0.2) is 4.79 Å². The Labute approximate surface area is 153 Å². The third-order valence-corrected chi connectivity index (χ3v) is 4.31. The molecule has 0 aliphatic rings. The molecule has 0 aliphatic carbocycles. The van der Waals surface area contributed by atoms with Crippen molar-refractivity contribution in [2.75, 3.05) is 26.1 Å². The Bertz CT molecular complexity index is 747. The molecule has 0 saturated carbocycles. The van der Waals surface area contributed by atoms with E-state index in [1.54, 1.807) is 26.4 Å². The molecule has 2 aromatic carbocycles. The maximum Gasteiger partial charge on any atom is 0.319 e. The molecular formula is C19H23ClN2O3. The van der Waals surface area contributed by atoms with Crippen LogP contribution in [0.5, 0.6) is 11.5 Å². The number of hydrogen-bond acceptors (Lipinski definition) is 3. The van der Waals surface area contributed by atoms with Gasteiger partial charge in [0.25, 0.3) is 0 Å². The zero-order chi connectivity index (χ0) is 18.4. The molecule has 0 atom stereocenters. The Morgan fingerprint density at radius 1 is 1.08 bits per heavy atom. The summed E-state index contributed by atoms with van der Waals surface area (Å²) in [5.41, 5.74) is 1.31. The molecule has 134 valence electrons. The fourth-order valence-corrected chi connectivity index (χ4v) is 2.57. The van der Waals surface area contributed by atoms with Crippen molar-refractivity contribution < 1.29 is 14.3 Å². The lowest BCUT2D eigenvalue weighted by Gasteiger charge is -2.26. The molecule has 6 heteroatoms. The minimum atomic E-state index is -0.304. The predicted molar refractivity (Wildman–Crippen MR) is 101 cm³/mol. The number of hydrogen-bond donors (Lipinski definition) is 2. The number of para-hydroxylation sites is 1. The summed E-state index contributed by atoms with van der Waals surface area (Å²) in [6.45, 7) is 4.53. The van der Waals surface area contributed by atoms with Gasteiger partial charge in [0, 0.05) is 12.0 Å². The van der Waals surface area contributed by atoms with Crippen LogP contribution >= 0.6 is 11.6 Å². The minimum absolute atomic E-state index is 0.294. The van der Waals surface area contributed by atoms with Gasteiger partial charge in [0.1, 0.15) is 0 Å². The van der Waals surface area contributed by atoms with Crippen LogP contribution in [0.15, 0.2) is 42.5 Å². The van der Waals surface area contributed by atoms with E-state index in [1.807, 2.05) is 44.2 Å². The van der Waals surface area contributed by atoms with E-state index in [4.69, 9.17) is 21.1 Å². The Morgan fingerprint density at radius 2 is 1.76 bits per heavy atom. The lowest BCUT2D eigenvalue weighted by atomic mass is 9.84. The van der Waals surface area contributed by atoms with Gasteiger partial charge in [-0.05, 0) is 29.8 Å². The molecule has 2 amide bonds. The van der Waals surface area contributed by atoms with Gasteiger partial charge in [0.2, 0.25) is 0 Å². The number of anilines is 1. The number of rotatable bonds is 6. The summed E-state index contributed by atoms with van der Waals surface area (Å²) < 4.78 is 10.6. The van der Waals surface area contributed by atoms with E-state index < -0.39 is 0 Å². The summed E-state index contributed by atoms with van der Waals surface area (Å²) in [7, 11) is 3.20. The monoisotopic (exact) mass is 362 g/mol. The van der Waals surface area contributed by atoms with Crippen LogP contribution in [0.3, 0.4) is 0 Å². The third kappa shape index (κ3) is 4.79. The van der Waals surface area contributed by atoms with Crippen molar-refractivity contribution in [3.05, 3.63) is 53.1 Å². The van der Waals surface area contributed by atoms with Crippen LogP contribution in [-0.4, -0.2) is 26.8 Å². The van der Waals surface area contributed by atoms with E-state index in [0.717, 1.165) is 5.56 Å². The molecule has 0 aliphatic heterocycles. The summed E-state index contributed by atoms with van der Waals surface area (Å²) in [4.78, 5) is 12.1. The van der Waals surface area contributed by atoms with Crippen molar-refractivity contribution in [2.24, 2.45) is 0 Å². The Kier molecular flexibility index (Phi) is 6.15. The summed E-state index contributed by atoms with van der Waals surface area (Å²) in [5, 5.41) is 6.13. The molecular weight excluding hydrogens is 340 g/mol. The first kappa shape index (κ1) is 18.9. The third-order valence-electron chi connectivity index (χ3n) is 3.98. The van der Waals surface area contributed by atoms with E-state index in [9.17, 15) is 4.79 Å². The molecule has 2 rings (SSSR count). The maximum absolute atomic E-state index is 12.1. The van der Waals surface area contributed by atoms with Crippen molar-refractivity contribution in [3.63, 3.8) is 0 Å². The normalized spacial score (nSPS) is 10.9. The highest BCUT2D eigenvalue weighted by Crippen LogP contribution is 2.33. The molecule has 0 unspecified atom stereocenters. The summed E-state index contributed by atoms with van der Waals surface area (Å²) in [6.07, 6.45) is 0. The zero-order valence-electron chi connectivity index (χ0n) is 14.9. The van der Waals surface area contributed by atoms with E-state index in [0.29, 0.717) is 28.8 Å². The molecule has 25 heavy (non-hydrogen) atoms. The Balaban J connectivity index is 2.03. The number of carbonyl (C=O) groups excluding carboxylic acids is 1. The number of halogens is 1. The number of ether oxygens (including phenoxy) is 2. The SMILES string of the molecule is COc1ccc(C(C)(C)CNC(=O)Nc2ccccc2Cl)cc1OC. The molecule has 0 radical (unpaired) electrons. The Morgan fingerprint density at radius 3 is 2.40 bits per heavy atom. The van der Waals surface area contributed by atoms with Crippen molar-refractivity contribution >= 4 is 23.3 Å². The molecule has 2 N–H and O–H groups in total. The van der Waals surface area contributed by atoms with Gasteiger partial charge in [-0.15, -0.1) is 0 Å². The summed E-state index contributed by atoms with van der Waals surface area (Å²) >= 11 is 6.05. The van der Waals surface area contributed by atoms with Crippen LogP contribution in [-0.2, 0) is 5.41 Å². The molecule has 0 fully saturated rings. The standard InChI is InChI=1S/C19H23ClN2O3/c1-19(2,13-9-10-16(24-3)17(11-13)25-4)12-21-18(23)22-15-8-6-5-7-14(15)20/h5-11H,12H2,1-4H3,(H2,21,22,23). The van der Waals surface area contributed by atoms with E-state index >= 15 is 0 Å². The largest absolute Gasteiger partial charge is 0.493 e. The smallest absolute Gasteiger partial charge is 0.319 e. The lowest BCUT2D eigenvalue weighted by Crippen LogP contribution is -2.39. The second kappa shape index (κ2) is 8.12. The van der Waals surface area contributed by atoms with Gasteiger partial charge in [0.05, 0.1) is 24.9 Å². The van der Waals surface area contributed by atoms with Crippen LogP contribution in [0, 0.1) is 0 Å². The quantitative estimate of drug-likeness (QED) is 0.797. The fourth-order valence-electron chi connectivity index (χ4n) is 2.39. The highest BCUT2D eigenvalue weighted by atomic mass is 35.5. The predicted octanol–water partition coefficient (Wildman–Crippen LogP) is 4.46. The number of nitrogens with one attached hydrogen (secondary N) is 2. The lowest BCUT2D eigenvalue weighted by molar-refractivity contribution is 0.249. The van der Waals surface area contributed by atoms with Crippen molar-refractivity contribution in [1.29, 1.82) is 0 Å². The van der Waals surface area contributed by atoms with Crippen molar-refractivity contribution in [2.45, 2.75) is 19.3 Å². The number of methoxy groups -OCH3 is 2. The Hall–Kier alpha value is -2.40. The van der Waals surface area contributed by atoms with Gasteiger partial charge in [-0.2, -0.15) is 0 Å². The molecule has 0 bridgehead atoms. The van der Waals surface area contributed by atoms with Crippen LogP contribution in [0.4, 0.5) is 10.5 Å². The highest BCUT2D eigenvalue weighted by molar-refractivity contribution is 6.33. The molecule has 5 nitrogen and oxygen atoms in total. The highest BCUT2D eigenvalue weighted by Gasteiger charge is 2.23. The second-order valence-electron chi connectivity index (χ2n) is 6.24. The number of amides is 2. The summed E-state index contributed by atoms with van der Waals surface area (Å²) in [6, 6.07) is 12.6. The van der Waals surface area contributed by atoms with E-state index in [2.05, 4.69) is 10.6 Å². The molecule has 0 aromatic heterocycles. The average Bonchev–Trinajstić information content (AvgIpc) is 2.61. The van der Waals surface area contributed by atoms with Gasteiger partial charge < -0.3 is 20.1 Å². The molecule has 0 spiro atoms. The average molecular weight is 363 g/mol. The second-order valence-corrected chi connectivity index (χ2v) is 6.65. The number of carbonyl (C=O) groups is 1. The van der Waals surface area contributed by atoms with Crippen LogP contribution < -0.4 is 20.1 Å². The molecule has 2 aromatic rings. The zero-order valence-corrected chi connectivity index (χ0v) is 15.6. The van der Waals surface area contributed by atoms with E-state index in [1.165, 1.54) is 0 Å². The van der Waals surface area contributed by atoms with Gasteiger partial charge in [0.15, 0.2) is 11.5 Å². The van der Waals surface area contributed by atoms with Crippen LogP contribution in [0.1, 0.15) is 19.4 Å². The van der Waals surface area contributed by atoms with Crippen LogP contribution in [0.25, 0.3) is 0 Å². The minimum Gasteiger partial charge on any atom is -0.493 e. The topological polar surface area (TPSA) is 59.6 Å². The molecule has 0 heterocycles. The van der Waals surface area contributed by atoms with Crippen LogP contribution in [0.2, 0.25) is 5.02 Å². The first-order valence-corrected chi connectivity index (χ1v) is 8.27. The van der Waals surface area contributed by atoms with Gasteiger partial charge in [-0.1, -0.05) is 43.6 Å². The fraction of sp³-hybridized carbons (Fsp3) is 0.316. The number of urea groups is 1. The van der Waals surface area contributed by atoms with E-state index in [-0.39, 0.29) is 11.4 Å². The van der Waals surface area contributed by atoms with Crippen molar-refractivity contribution in [1.82, 2.24) is 5.32 Å². The number of benzene rings is 2. The van der Waals surface area contributed by atoms with Crippen molar-refractivity contribution in [3.8, 4) is 11.5 Å².